The van der Waals surface area contributed by atoms with E-state index in [4.69, 9.17) is 0 Å². The molecule has 156 valence electrons. The van der Waals surface area contributed by atoms with Gasteiger partial charge < -0.3 is 10.2 Å². The molecule has 2 aromatic heterocycles. The Labute approximate surface area is 178 Å². The van der Waals surface area contributed by atoms with E-state index in [1.807, 2.05) is 40.6 Å². The summed E-state index contributed by atoms with van der Waals surface area (Å²) in [4.78, 5) is 31.0. The Hall–Kier alpha value is -3.20. The van der Waals surface area contributed by atoms with Gasteiger partial charge in [-0.15, -0.1) is 11.3 Å². The van der Waals surface area contributed by atoms with Gasteiger partial charge in [0.15, 0.2) is 5.13 Å². The van der Waals surface area contributed by atoms with Crippen LogP contribution in [-0.2, 0) is 7.05 Å². The molecule has 30 heavy (non-hydrogen) atoms. The van der Waals surface area contributed by atoms with Crippen LogP contribution < -0.4 is 10.6 Å². The predicted octanol–water partition coefficient (Wildman–Crippen LogP) is 3.22. The van der Waals surface area contributed by atoms with E-state index >= 15 is 0 Å². The Morgan fingerprint density at radius 1 is 1.20 bits per heavy atom. The number of thiazole rings is 1. The molecule has 2 N–H and O–H groups in total. The van der Waals surface area contributed by atoms with Crippen molar-refractivity contribution in [2.45, 2.75) is 12.8 Å². The normalized spacial score (nSPS) is 14.5. The van der Waals surface area contributed by atoms with Crippen LogP contribution in [0.5, 0.6) is 0 Å². The third-order valence-corrected chi connectivity index (χ3v) is 5.97. The Balaban J connectivity index is 1.23. The SMILES string of the molecule is Cn1cc(C(=O)NCC2CCN(C(=O)Nc3nc(-c4ccccc4)cs3)CC2)cn1. The van der Waals surface area contributed by atoms with E-state index in [-0.39, 0.29) is 11.9 Å². The van der Waals surface area contributed by atoms with Crippen molar-refractivity contribution in [3.8, 4) is 11.3 Å². The lowest BCUT2D eigenvalue weighted by Crippen LogP contribution is -2.43. The molecule has 3 heterocycles. The lowest BCUT2D eigenvalue weighted by Gasteiger charge is -2.31. The zero-order valence-electron chi connectivity index (χ0n) is 16.7. The second kappa shape index (κ2) is 9.08. The molecule has 3 amide bonds. The third-order valence-electron chi connectivity index (χ3n) is 5.21. The van der Waals surface area contributed by atoms with Crippen LogP contribution in [0.1, 0.15) is 23.2 Å². The zero-order valence-corrected chi connectivity index (χ0v) is 17.6. The molecule has 0 radical (unpaired) electrons. The van der Waals surface area contributed by atoms with Gasteiger partial charge in [-0.05, 0) is 18.8 Å². The number of aromatic nitrogens is 3. The maximum absolute atomic E-state index is 12.6. The number of urea groups is 1. The highest BCUT2D eigenvalue weighted by atomic mass is 32.1. The molecule has 4 rings (SSSR count). The van der Waals surface area contributed by atoms with E-state index in [0.29, 0.717) is 36.2 Å². The minimum Gasteiger partial charge on any atom is -0.352 e. The van der Waals surface area contributed by atoms with E-state index in [0.717, 1.165) is 24.1 Å². The maximum atomic E-state index is 12.6. The van der Waals surface area contributed by atoms with Gasteiger partial charge in [-0.25, -0.2) is 9.78 Å². The molecule has 1 aromatic carbocycles. The molecule has 0 bridgehead atoms. The fourth-order valence-electron chi connectivity index (χ4n) is 3.46. The number of carbonyl (C=O) groups is 2. The number of carbonyl (C=O) groups excluding carboxylic acids is 2. The van der Waals surface area contributed by atoms with Crippen molar-refractivity contribution < 1.29 is 9.59 Å². The first-order valence-electron chi connectivity index (χ1n) is 9.92. The van der Waals surface area contributed by atoms with Crippen molar-refractivity contribution in [3.63, 3.8) is 0 Å². The summed E-state index contributed by atoms with van der Waals surface area (Å²) in [6.45, 7) is 1.93. The standard InChI is InChI=1S/C21H24N6O2S/c1-26-13-17(12-23-26)19(28)22-11-15-7-9-27(10-8-15)21(29)25-20-24-18(14-30-20)16-5-3-2-4-6-16/h2-6,12-15H,7-11H2,1H3,(H,22,28)(H,24,25,29). The van der Waals surface area contributed by atoms with Crippen molar-refractivity contribution in [1.82, 2.24) is 25.0 Å². The summed E-state index contributed by atoms with van der Waals surface area (Å²) in [7, 11) is 1.78. The summed E-state index contributed by atoms with van der Waals surface area (Å²) in [5, 5.41) is 12.4. The van der Waals surface area contributed by atoms with Crippen LogP contribution in [0.4, 0.5) is 9.93 Å². The first-order valence-corrected chi connectivity index (χ1v) is 10.8. The topological polar surface area (TPSA) is 92.2 Å². The van der Waals surface area contributed by atoms with Crippen LogP contribution in [0.3, 0.4) is 0 Å². The molecule has 0 atom stereocenters. The van der Waals surface area contributed by atoms with E-state index < -0.39 is 0 Å². The average molecular weight is 425 g/mol. The number of aryl methyl sites for hydroxylation is 1. The number of hydrogen-bond acceptors (Lipinski definition) is 5. The van der Waals surface area contributed by atoms with Crippen molar-refractivity contribution >= 4 is 28.4 Å². The number of nitrogens with one attached hydrogen (secondary N) is 2. The average Bonchev–Trinajstić information content (AvgIpc) is 3.42. The first kappa shape index (κ1) is 20.1. The Morgan fingerprint density at radius 3 is 2.67 bits per heavy atom. The second-order valence-electron chi connectivity index (χ2n) is 7.38. The zero-order chi connectivity index (χ0) is 20.9. The highest BCUT2D eigenvalue weighted by Crippen LogP contribution is 2.25. The Bertz CT molecular complexity index is 1010. The summed E-state index contributed by atoms with van der Waals surface area (Å²) < 4.78 is 1.61. The maximum Gasteiger partial charge on any atom is 0.323 e. The number of benzene rings is 1. The van der Waals surface area contributed by atoms with Gasteiger partial charge in [0.2, 0.25) is 0 Å². The molecule has 3 aromatic rings. The lowest BCUT2D eigenvalue weighted by molar-refractivity contribution is 0.0938. The van der Waals surface area contributed by atoms with Gasteiger partial charge in [-0.3, -0.25) is 14.8 Å². The number of anilines is 1. The van der Waals surface area contributed by atoms with Crippen molar-refractivity contribution in [2.75, 3.05) is 25.0 Å². The molecule has 1 fully saturated rings. The van der Waals surface area contributed by atoms with Gasteiger partial charge in [0, 0.05) is 43.8 Å². The fraction of sp³-hybridized carbons (Fsp3) is 0.333. The summed E-state index contributed by atoms with van der Waals surface area (Å²) in [5.74, 6) is 0.250. The van der Waals surface area contributed by atoms with Crippen LogP contribution in [0.15, 0.2) is 48.1 Å². The molecule has 0 spiro atoms. The summed E-state index contributed by atoms with van der Waals surface area (Å²) >= 11 is 1.42. The van der Waals surface area contributed by atoms with Crippen molar-refractivity contribution in [3.05, 3.63) is 53.7 Å². The van der Waals surface area contributed by atoms with E-state index in [1.165, 1.54) is 11.3 Å². The third kappa shape index (κ3) is 4.85. The largest absolute Gasteiger partial charge is 0.352 e. The van der Waals surface area contributed by atoms with Crippen LogP contribution in [0.2, 0.25) is 0 Å². The molecule has 1 aliphatic heterocycles. The quantitative estimate of drug-likeness (QED) is 0.658. The molecule has 9 heteroatoms. The highest BCUT2D eigenvalue weighted by molar-refractivity contribution is 7.14. The number of piperidine rings is 1. The number of likely N-dealkylation sites (tertiary alicyclic amines) is 1. The Morgan fingerprint density at radius 2 is 1.97 bits per heavy atom. The molecule has 0 unspecified atom stereocenters. The van der Waals surface area contributed by atoms with Crippen molar-refractivity contribution in [1.29, 1.82) is 0 Å². The molecular weight excluding hydrogens is 400 g/mol. The number of rotatable bonds is 5. The smallest absolute Gasteiger partial charge is 0.323 e. The van der Waals surface area contributed by atoms with E-state index in [9.17, 15) is 9.59 Å². The summed E-state index contributed by atoms with van der Waals surface area (Å²) in [5.41, 5.74) is 2.45. The van der Waals surface area contributed by atoms with E-state index in [2.05, 4.69) is 20.7 Å². The molecule has 1 saturated heterocycles. The molecule has 0 aliphatic carbocycles. The minimum atomic E-state index is -0.123. The predicted molar refractivity (Wildman–Crippen MR) is 116 cm³/mol. The van der Waals surface area contributed by atoms with Crippen molar-refractivity contribution in [2.24, 2.45) is 13.0 Å². The minimum absolute atomic E-state index is 0.110. The van der Waals surface area contributed by atoms with Gasteiger partial charge >= 0.3 is 6.03 Å². The molecular formula is C21H24N6O2S. The van der Waals surface area contributed by atoms with Gasteiger partial charge in [-0.1, -0.05) is 30.3 Å². The second-order valence-corrected chi connectivity index (χ2v) is 8.24. The summed E-state index contributed by atoms with van der Waals surface area (Å²) in [6.07, 6.45) is 4.97. The fourth-order valence-corrected chi connectivity index (χ4v) is 4.17. The highest BCUT2D eigenvalue weighted by Gasteiger charge is 2.24. The van der Waals surface area contributed by atoms with Crippen LogP contribution in [-0.4, -0.2) is 51.2 Å². The van der Waals surface area contributed by atoms with Crippen LogP contribution in [0, 0.1) is 5.92 Å². The van der Waals surface area contributed by atoms with Gasteiger partial charge in [0.05, 0.1) is 17.5 Å². The number of amides is 3. The van der Waals surface area contributed by atoms with Gasteiger partial charge in [0.1, 0.15) is 0 Å². The molecule has 0 saturated carbocycles. The monoisotopic (exact) mass is 424 g/mol. The Kier molecular flexibility index (Phi) is 6.08. The first-order chi connectivity index (χ1) is 14.6. The molecule has 1 aliphatic rings. The number of hydrogen-bond donors (Lipinski definition) is 2. The van der Waals surface area contributed by atoms with Gasteiger partial charge in [-0.2, -0.15) is 5.10 Å². The lowest BCUT2D eigenvalue weighted by atomic mass is 9.97. The molecule has 8 nitrogen and oxygen atoms in total. The van der Waals surface area contributed by atoms with Crippen LogP contribution in [0.25, 0.3) is 11.3 Å². The number of nitrogens with zero attached hydrogens (tertiary/aromatic N) is 4. The van der Waals surface area contributed by atoms with Crippen LogP contribution >= 0.6 is 11.3 Å². The van der Waals surface area contributed by atoms with Gasteiger partial charge in [0.25, 0.3) is 5.91 Å². The van der Waals surface area contributed by atoms with E-state index in [1.54, 1.807) is 24.1 Å². The summed E-state index contributed by atoms with van der Waals surface area (Å²) in [6, 6.07) is 9.78.